The molecule has 0 aliphatic heterocycles. The summed E-state index contributed by atoms with van der Waals surface area (Å²) in [5, 5.41) is 0. The zero-order chi connectivity index (χ0) is 19.6. The first-order chi connectivity index (χ1) is 11.5. The van der Waals surface area contributed by atoms with Gasteiger partial charge in [-0.25, -0.2) is 9.59 Å². The van der Waals surface area contributed by atoms with Crippen LogP contribution in [0.3, 0.4) is 0 Å². The zero-order valence-electron chi connectivity index (χ0n) is 14.9. The minimum Gasteiger partial charge on any atom is -0.425 e. The predicted molar refractivity (Wildman–Crippen MR) is 86.7 cm³/mol. The van der Waals surface area contributed by atoms with Crippen LogP contribution in [0, 0.1) is 5.41 Å². The Balaban J connectivity index is 4.41. The lowest BCUT2D eigenvalue weighted by Gasteiger charge is -2.24. The maximum absolute atomic E-state index is 11.9. The number of hydrogen-bond acceptors (Lipinski definition) is 8. The number of esters is 4. The Morgan fingerprint density at radius 3 is 1.40 bits per heavy atom. The second-order valence-corrected chi connectivity index (χ2v) is 5.91. The minimum atomic E-state index is -1.07. The Labute approximate surface area is 146 Å². The first-order valence-electron chi connectivity index (χ1n) is 7.54. The van der Waals surface area contributed by atoms with E-state index in [1.165, 1.54) is 13.8 Å². The van der Waals surface area contributed by atoms with Crippen molar-refractivity contribution in [2.24, 2.45) is 5.41 Å². The van der Waals surface area contributed by atoms with Gasteiger partial charge in [-0.1, -0.05) is 27.0 Å². The van der Waals surface area contributed by atoms with Gasteiger partial charge in [0, 0.05) is 26.0 Å². The molecule has 140 valence electrons. The normalized spacial score (nSPS) is 13.0. The smallest absolute Gasteiger partial charge is 0.333 e. The number of carbonyl (C=O) groups excluding carboxylic acids is 4. The summed E-state index contributed by atoms with van der Waals surface area (Å²) in [6.45, 7) is 12.6. The first-order valence-corrected chi connectivity index (χ1v) is 7.54. The molecule has 0 amide bonds. The van der Waals surface area contributed by atoms with Crippen molar-refractivity contribution in [1.82, 2.24) is 0 Å². The Hall–Kier alpha value is -2.64. The summed E-state index contributed by atoms with van der Waals surface area (Å²) in [4.78, 5) is 45.7. The average molecular weight is 356 g/mol. The number of carbonyl (C=O) groups is 4. The minimum absolute atomic E-state index is 0.112. The molecule has 0 N–H and O–H groups in total. The van der Waals surface area contributed by atoms with Gasteiger partial charge in [0.25, 0.3) is 0 Å². The lowest BCUT2D eigenvalue weighted by atomic mass is 9.86. The molecule has 0 radical (unpaired) electrons. The summed E-state index contributed by atoms with van der Waals surface area (Å²) in [7, 11) is 0. The molecule has 0 rings (SSSR count). The fourth-order valence-electron chi connectivity index (χ4n) is 1.77. The highest BCUT2D eigenvalue weighted by molar-refractivity contribution is 5.82. The summed E-state index contributed by atoms with van der Waals surface area (Å²) in [6.07, 6.45) is -0.467. The van der Waals surface area contributed by atoms with E-state index in [1.807, 2.05) is 0 Å². The second-order valence-electron chi connectivity index (χ2n) is 5.91. The van der Waals surface area contributed by atoms with Crippen LogP contribution in [0.25, 0.3) is 0 Å². The van der Waals surface area contributed by atoms with Crippen molar-refractivity contribution in [3.05, 3.63) is 25.3 Å². The van der Waals surface area contributed by atoms with Gasteiger partial charge in [-0.3, -0.25) is 9.59 Å². The van der Waals surface area contributed by atoms with Gasteiger partial charge in [-0.15, -0.1) is 0 Å². The summed E-state index contributed by atoms with van der Waals surface area (Å²) >= 11 is 0. The largest absolute Gasteiger partial charge is 0.425 e. The van der Waals surface area contributed by atoms with Crippen molar-refractivity contribution in [3.63, 3.8) is 0 Å². The molecule has 0 saturated carbocycles. The van der Waals surface area contributed by atoms with Crippen LogP contribution in [0.1, 0.15) is 40.5 Å². The molecule has 2 unspecified atom stereocenters. The zero-order valence-corrected chi connectivity index (χ0v) is 14.9. The standard InChI is InChI=1S/C17H24O8/c1-7-13(18)22-11(3)24-15(20)9-17(5,6)10-16(21)25-12(4)23-14(19)8-2/h7-8,11-12H,1-2,9-10H2,3-6H3. The van der Waals surface area contributed by atoms with Crippen molar-refractivity contribution in [1.29, 1.82) is 0 Å². The molecular formula is C17H24O8. The van der Waals surface area contributed by atoms with Gasteiger partial charge in [-0.05, 0) is 5.41 Å². The van der Waals surface area contributed by atoms with Crippen molar-refractivity contribution < 1.29 is 38.1 Å². The van der Waals surface area contributed by atoms with E-state index in [9.17, 15) is 19.2 Å². The van der Waals surface area contributed by atoms with E-state index in [2.05, 4.69) is 13.2 Å². The van der Waals surface area contributed by atoms with Gasteiger partial charge in [0.15, 0.2) is 0 Å². The highest BCUT2D eigenvalue weighted by Gasteiger charge is 2.29. The Morgan fingerprint density at radius 2 is 1.12 bits per heavy atom. The molecule has 0 saturated heterocycles. The number of hydrogen-bond donors (Lipinski definition) is 0. The van der Waals surface area contributed by atoms with Crippen molar-refractivity contribution in [3.8, 4) is 0 Å². The average Bonchev–Trinajstić information content (AvgIpc) is 2.44. The molecule has 8 nitrogen and oxygen atoms in total. The molecule has 0 heterocycles. The topological polar surface area (TPSA) is 105 Å². The van der Waals surface area contributed by atoms with Gasteiger partial charge < -0.3 is 18.9 Å². The molecule has 2 atom stereocenters. The maximum atomic E-state index is 11.9. The molecule has 0 aromatic carbocycles. The van der Waals surface area contributed by atoms with Crippen LogP contribution in [0.15, 0.2) is 25.3 Å². The second kappa shape index (κ2) is 10.3. The SMILES string of the molecule is C=CC(=O)OC(C)OC(=O)CC(C)(C)CC(=O)OC(C)OC(=O)C=C. The maximum Gasteiger partial charge on any atom is 0.333 e. The van der Waals surface area contributed by atoms with Crippen LogP contribution in [0.2, 0.25) is 0 Å². The van der Waals surface area contributed by atoms with Crippen molar-refractivity contribution >= 4 is 23.9 Å². The molecule has 0 aliphatic carbocycles. The van der Waals surface area contributed by atoms with Crippen LogP contribution >= 0.6 is 0 Å². The molecule has 8 heteroatoms. The van der Waals surface area contributed by atoms with Crippen LogP contribution in [-0.2, 0) is 38.1 Å². The van der Waals surface area contributed by atoms with E-state index in [0.717, 1.165) is 12.2 Å². The summed E-state index contributed by atoms with van der Waals surface area (Å²) in [5.41, 5.74) is -0.779. The highest BCUT2D eigenvalue weighted by atomic mass is 16.7. The highest BCUT2D eigenvalue weighted by Crippen LogP contribution is 2.26. The Kier molecular flexibility index (Phi) is 9.19. The van der Waals surface area contributed by atoms with E-state index in [0.29, 0.717) is 0 Å². The third-order valence-electron chi connectivity index (χ3n) is 2.74. The third kappa shape index (κ3) is 10.7. The van der Waals surface area contributed by atoms with Gasteiger partial charge in [0.05, 0.1) is 12.8 Å². The third-order valence-corrected chi connectivity index (χ3v) is 2.74. The van der Waals surface area contributed by atoms with Crippen LogP contribution in [0.5, 0.6) is 0 Å². The summed E-state index contributed by atoms with van der Waals surface area (Å²) in [5.74, 6) is -2.72. The quantitative estimate of drug-likeness (QED) is 0.333. The van der Waals surface area contributed by atoms with Gasteiger partial charge in [-0.2, -0.15) is 0 Å². The molecule has 0 fully saturated rings. The molecule has 25 heavy (non-hydrogen) atoms. The monoisotopic (exact) mass is 356 g/mol. The molecule has 0 aromatic heterocycles. The van der Waals surface area contributed by atoms with E-state index < -0.39 is 41.9 Å². The molecule has 0 aromatic rings. The fraction of sp³-hybridized carbons (Fsp3) is 0.529. The van der Waals surface area contributed by atoms with E-state index in [1.54, 1.807) is 13.8 Å². The molecule has 0 aliphatic rings. The molecule has 0 spiro atoms. The lowest BCUT2D eigenvalue weighted by molar-refractivity contribution is -0.183. The molecule has 0 bridgehead atoms. The van der Waals surface area contributed by atoms with Gasteiger partial charge in [0.2, 0.25) is 12.6 Å². The van der Waals surface area contributed by atoms with E-state index in [4.69, 9.17) is 18.9 Å². The number of rotatable bonds is 10. The van der Waals surface area contributed by atoms with Gasteiger partial charge in [0.1, 0.15) is 0 Å². The first kappa shape index (κ1) is 22.4. The Bertz CT molecular complexity index is 489. The van der Waals surface area contributed by atoms with Gasteiger partial charge >= 0.3 is 23.9 Å². The Morgan fingerprint density at radius 1 is 0.800 bits per heavy atom. The number of ether oxygens (including phenoxy) is 4. The summed E-state index contributed by atoms with van der Waals surface area (Å²) < 4.78 is 19.3. The van der Waals surface area contributed by atoms with E-state index in [-0.39, 0.29) is 12.8 Å². The van der Waals surface area contributed by atoms with E-state index >= 15 is 0 Å². The predicted octanol–water partition coefficient (Wildman–Crippen LogP) is 2.03. The fourth-order valence-corrected chi connectivity index (χ4v) is 1.77. The lowest BCUT2D eigenvalue weighted by Crippen LogP contribution is -2.28. The van der Waals surface area contributed by atoms with Crippen LogP contribution < -0.4 is 0 Å². The van der Waals surface area contributed by atoms with Crippen LogP contribution in [0.4, 0.5) is 0 Å². The van der Waals surface area contributed by atoms with Crippen molar-refractivity contribution in [2.75, 3.05) is 0 Å². The van der Waals surface area contributed by atoms with Crippen molar-refractivity contribution in [2.45, 2.75) is 53.1 Å². The molecular weight excluding hydrogens is 332 g/mol. The van der Waals surface area contributed by atoms with Crippen LogP contribution in [-0.4, -0.2) is 36.5 Å². The summed E-state index contributed by atoms with van der Waals surface area (Å²) in [6, 6.07) is 0.